The summed E-state index contributed by atoms with van der Waals surface area (Å²) in [4.78, 5) is 10.4. The fraction of sp³-hybridized carbons (Fsp3) is 0.833. The van der Waals surface area contributed by atoms with Crippen LogP contribution in [0.1, 0.15) is 0 Å². The van der Waals surface area contributed by atoms with Crippen LogP contribution in [0.25, 0.3) is 0 Å². The van der Waals surface area contributed by atoms with Crippen molar-refractivity contribution in [1.82, 2.24) is 4.90 Å². The van der Waals surface area contributed by atoms with E-state index in [0.717, 1.165) is 0 Å². The summed E-state index contributed by atoms with van der Waals surface area (Å²) in [6.45, 7) is -1.30. The van der Waals surface area contributed by atoms with Crippen LogP contribution >= 0.6 is 0 Å². The molecule has 0 aromatic rings. The van der Waals surface area contributed by atoms with E-state index in [2.05, 4.69) is 0 Å². The van der Waals surface area contributed by atoms with E-state index in [1.165, 1.54) is 0 Å². The molecule has 0 unspecified atom stereocenters. The maximum absolute atomic E-state index is 12.3. The quantitative estimate of drug-likeness (QED) is 0.663. The van der Waals surface area contributed by atoms with Gasteiger partial charge in [0.1, 0.15) is 0 Å². The number of alkyl halides is 6. The minimum atomic E-state index is -4.91. The number of rotatable bonds is 4. The maximum Gasteiger partial charge on any atom is 0.383 e. The summed E-state index contributed by atoms with van der Waals surface area (Å²) in [6, 6.07) is 0. The summed E-state index contributed by atoms with van der Waals surface area (Å²) >= 11 is 0. The van der Waals surface area contributed by atoms with Crippen molar-refractivity contribution >= 4 is 5.91 Å². The molecule has 0 saturated carbocycles. The largest absolute Gasteiger partial charge is 0.383 e. The van der Waals surface area contributed by atoms with Gasteiger partial charge in [-0.15, -0.1) is 0 Å². The standard InChI is InChI=1S/C6H7F6NO/c1-13(2-3(7)8)5(14)6(11,12)4(9)10/h3-4H,2H2,1H3. The predicted octanol–water partition coefficient (Wildman–Crippen LogP) is 1.61. The van der Waals surface area contributed by atoms with Gasteiger partial charge < -0.3 is 4.90 Å². The third-order valence-corrected chi connectivity index (χ3v) is 1.32. The fourth-order valence-electron chi connectivity index (χ4n) is 0.638. The van der Waals surface area contributed by atoms with E-state index in [0.29, 0.717) is 7.05 Å². The highest BCUT2D eigenvalue weighted by atomic mass is 19.3. The number of carbonyl (C=O) groups excluding carboxylic acids is 1. The first-order chi connectivity index (χ1) is 6.19. The number of amides is 1. The summed E-state index contributed by atoms with van der Waals surface area (Å²) in [7, 11) is 0.602. The molecule has 14 heavy (non-hydrogen) atoms. The molecule has 1 amide bonds. The highest BCUT2D eigenvalue weighted by Crippen LogP contribution is 2.25. The van der Waals surface area contributed by atoms with E-state index in [1.807, 2.05) is 0 Å². The van der Waals surface area contributed by atoms with E-state index < -0.39 is 31.2 Å². The third-order valence-electron chi connectivity index (χ3n) is 1.32. The van der Waals surface area contributed by atoms with Crippen LogP contribution in [-0.4, -0.2) is 43.2 Å². The molecule has 0 atom stereocenters. The minimum absolute atomic E-state index is 0.128. The van der Waals surface area contributed by atoms with Gasteiger partial charge in [-0.3, -0.25) is 4.79 Å². The molecule has 0 saturated heterocycles. The van der Waals surface area contributed by atoms with Crippen LogP contribution in [0.3, 0.4) is 0 Å². The van der Waals surface area contributed by atoms with Gasteiger partial charge in [0.05, 0.1) is 6.54 Å². The maximum atomic E-state index is 12.3. The molecule has 8 heteroatoms. The van der Waals surface area contributed by atoms with Crippen LogP contribution in [0.4, 0.5) is 26.3 Å². The Labute approximate surface area is 75.5 Å². The first-order valence-electron chi connectivity index (χ1n) is 3.39. The lowest BCUT2D eigenvalue weighted by Crippen LogP contribution is -2.47. The molecular weight excluding hydrogens is 216 g/mol. The van der Waals surface area contributed by atoms with Crippen LogP contribution < -0.4 is 0 Å². The lowest BCUT2D eigenvalue weighted by Gasteiger charge is -2.22. The molecule has 0 aliphatic carbocycles. The zero-order valence-electron chi connectivity index (χ0n) is 6.99. The number of nitrogens with zero attached hydrogens (tertiary/aromatic N) is 1. The first-order valence-corrected chi connectivity index (χ1v) is 3.39. The molecule has 0 aliphatic rings. The van der Waals surface area contributed by atoms with Crippen molar-refractivity contribution in [3.63, 3.8) is 0 Å². The van der Waals surface area contributed by atoms with Gasteiger partial charge in [-0.05, 0) is 0 Å². The fourth-order valence-corrected chi connectivity index (χ4v) is 0.638. The van der Waals surface area contributed by atoms with Gasteiger partial charge >= 0.3 is 12.3 Å². The van der Waals surface area contributed by atoms with Crippen molar-refractivity contribution in [3.05, 3.63) is 0 Å². The summed E-state index contributed by atoms with van der Waals surface area (Å²) in [5.41, 5.74) is 0. The van der Waals surface area contributed by atoms with E-state index in [-0.39, 0.29) is 4.90 Å². The molecule has 0 heterocycles. The molecule has 0 bridgehead atoms. The van der Waals surface area contributed by atoms with Crippen LogP contribution in [0.2, 0.25) is 0 Å². The smallest absolute Gasteiger partial charge is 0.335 e. The number of hydrogen-bond donors (Lipinski definition) is 0. The topological polar surface area (TPSA) is 20.3 Å². The van der Waals surface area contributed by atoms with E-state index in [9.17, 15) is 31.1 Å². The number of hydrogen-bond acceptors (Lipinski definition) is 1. The summed E-state index contributed by atoms with van der Waals surface area (Å²) < 4.78 is 70.9. The van der Waals surface area contributed by atoms with Gasteiger partial charge in [0.2, 0.25) is 0 Å². The molecule has 84 valence electrons. The molecule has 2 nitrogen and oxygen atoms in total. The van der Waals surface area contributed by atoms with Gasteiger partial charge in [-0.1, -0.05) is 0 Å². The normalized spacial score (nSPS) is 12.4. The Kier molecular flexibility index (Phi) is 4.21. The highest BCUT2D eigenvalue weighted by molar-refractivity contribution is 5.83. The zero-order chi connectivity index (χ0) is 11.5. The van der Waals surface area contributed by atoms with Crippen molar-refractivity contribution in [2.75, 3.05) is 13.6 Å². The summed E-state index contributed by atoms with van der Waals surface area (Å²) in [5, 5.41) is 0. The summed E-state index contributed by atoms with van der Waals surface area (Å²) in [5.74, 6) is -7.23. The highest BCUT2D eigenvalue weighted by Gasteiger charge is 2.50. The average Bonchev–Trinajstić information content (AvgIpc) is 2.01. The molecule has 0 spiro atoms. The van der Waals surface area contributed by atoms with Gasteiger partial charge in [-0.2, -0.15) is 8.78 Å². The van der Waals surface area contributed by atoms with Crippen molar-refractivity contribution in [1.29, 1.82) is 0 Å². The predicted molar refractivity (Wildman–Crippen MR) is 34.6 cm³/mol. The van der Waals surface area contributed by atoms with Gasteiger partial charge in [0.25, 0.3) is 12.3 Å². The second-order valence-corrected chi connectivity index (χ2v) is 2.50. The van der Waals surface area contributed by atoms with Crippen LogP contribution in [0.15, 0.2) is 0 Å². The third kappa shape index (κ3) is 3.08. The molecule has 0 rings (SSSR count). The Hall–Kier alpha value is -0.950. The van der Waals surface area contributed by atoms with Crippen molar-refractivity contribution in [2.24, 2.45) is 0 Å². The zero-order valence-corrected chi connectivity index (χ0v) is 6.99. The van der Waals surface area contributed by atoms with E-state index in [1.54, 1.807) is 0 Å². The van der Waals surface area contributed by atoms with Crippen molar-refractivity contribution in [2.45, 2.75) is 18.8 Å². The van der Waals surface area contributed by atoms with Crippen LogP contribution in [0, 0.1) is 0 Å². The van der Waals surface area contributed by atoms with E-state index in [4.69, 9.17) is 0 Å². The SMILES string of the molecule is CN(CC(F)F)C(=O)C(F)(F)C(F)F. The second kappa shape index (κ2) is 4.52. The van der Waals surface area contributed by atoms with Crippen molar-refractivity contribution < 1.29 is 31.1 Å². The molecule has 0 N–H and O–H groups in total. The van der Waals surface area contributed by atoms with Crippen LogP contribution in [0.5, 0.6) is 0 Å². The second-order valence-electron chi connectivity index (χ2n) is 2.50. The Morgan fingerprint density at radius 2 is 1.71 bits per heavy atom. The molecular formula is C6H7F6NO. The monoisotopic (exact) mass is 223 g/mol. The lowest BCUT2D eigenvalue weighted by atomic mass is 10.3. The Balaban J connectivity index is 4.45. The van der Waals surface area contributed by atoms with Crippen LogP contribution in [-0.2, 0) is 4.79 Å². The molecule has 0 fully saturated rings. The van der Waals surface area contributed by atoms with Gasteiger partial charge in [0, 0.05) is 7.05 Å². The molecule has 0 aromatic heterocycles. The number of halogens is 6. The van der Waals surface area contributed by atoms with Gasteiger partial charge in [0.15, 0.2) is 0 Å². The molecule has 0 radical (unpaired) electrons. The minimum Gasteiger partial charge on any atom is -0.335 e. The summed E-state index contributed by atoms with van der Waals surface area (Å²) in [6.07, 6.45) is -7.24. The first kappa shape index (κ1) is 13.1. The lowest BCUT2D eigenvalue weighted by molar-refractivity contribution is -0.180. The molecule has 0 aromatic carbocycles. The Morgan fingerprint density at radius 3 is 2.00 bits per heavy atom. The Morgan fingerprint density at radius 1 is 1.29 bits per heavy atom. The number of carbonyl (C=O) groups is 1. The van der Waals surface area contributed by atoms with E-state index >= 15 is 0 Å². The average molecular weight is 223 g/mol. The molecule has 0 aliphatic heterocycles. The van der Waals surface area contributed by atoms with Crippen molar-refractivity contribution in [3.8, 4) is 0 Å². The van der Waals surface area contributed by atoms with Gasteiger partial charge in [-0.25, -0.2) is 17.6 Å². The Bertz CT molecular complexity index is 206.